The molecule has 5 nitrogen and oxygen atoms in total. The second-order valence-corrected chi connectivity index (χ2v) is 15.5. The van der Waals surface area contributed by atoms with Crippen LogP contribution in [0.1, 0.15) is 20.8 Å². The van der Waals surface area contributed by atoms with Gasteiger partial charge < -0.3 is 18.3 Å². The predicted molar refractivity (Wildman–Crippen MR) is 85.4 cm³/mol. The Morgan fingerprint density at radius 1 is 0.800 bits per heavy atom. The van der Waals surface area contributed by atoms with E-state index in [9.17, 15) is 0 Å². The predicted octanol–water partition coefficient (Wildman–Crippen LogP) is 3.74. The molecule has 0 saturated heterocycles. The van der Waals surface area contributed by atoms with Crippen LogP contribution in [-0.4, -0.2) is 42.3 Å². The largest absolute Gasteiger partial charge is 0.373 e. The number of hydrogen-bond donors (Lipinski definition) is 0. The Hall–Kier alpha value is 0.234. The lowest BCUT2D eigenvalue weighted by Crippen LogP contribution is -2.48. The first-order valence-corrected chi connectivity index (χ1v) is 14.0. The molecule has 0 amide bonds. The molecule has 0 radical (unpaired) electrons. The zero-order valence-electron chi connectivity index (χ0n) is 14.5. The molecule has 0 spiro atoms. The van der Waals surface area contributed by atoms with Crippen LogP contribution in [0.4, 0.5) is 0 Å². The van der Waals surface area contributed by atoms with Crippen LogP contribution in [0.25, 0.3) is 0 Å². The highest BCUT2D eigenvalue weighted by molar-refractivity contribution is 6.70. The molecule has 0 aromatic rings. The normalized spacial score (nSPS) is 14.1. The molecule has 0 unspecified atom stereocenters. The minimum absolute atomic E-state index is 0.489. The molecule has 0 heterocycles. The van der Waals surface area contributed by atoms with Crippen molar-refractivity contribution in [3.63, 3.8) is 0 Å². The van der Waals surface area contributed by atoms with Gasteiger partial charge in [0.25, 0.3) is 12.4 Å². The fourth-order valence-corrected chi connectivity index (χ4v) is 2.90. The van der Waals surface area contributed by atoms with Gasteiger partial charge in [0.1, 0.15) is 0 Å². The molecule has 122 valence electrons. The van der Waals surface area contributed by atoms with E-state index in [4.69, 9.17) is 23.1 Å². The Balaban J connectivity index is 4.91. The average molecular weight is 325 g/mol. The van der Waals surface area contributed by atoms with E-state index in [1.165, 1.54) is 0 Å². The van der Waals surface area contributed by atoms with E-state index in [1.807, 2.05) is 13.8 Å². The number of rotatable bonds is 10. The smallest absolute Gasteiger partial charge is 0.283 e. The van der Waals surface area contributed by atoms with Crippen LogP contribution in [0.3, 0.4) is 0 Å². The SMILES string of the molecule is CCOC(C)(OCC)OC(O[Si](C)(C)C)O[Si](C)(C)C. The van der Waals surface area contributed by atoms with E-state index >= 15 is 0 Å². The van der Waals surface area contributed by atoms with Crippen LogP contribution in [0.5, 0.6) is 0 Å². The lowest BCUT2D eigenvalue weighted by molar-refractivity contribution is -0.428. The summed E-state index contributed by atoms with van der Waals surface area (Å²) < 4.78 is 28.9. The molecule has 0 atom stereocenters. The fourth-order valence-electron chi connectivity index (χ4n) is 1.46. The third-order valence-corrected chi connectivity index (χ3v) is 3.82. The minimum Gasteiger partial charge on any atom is -0.373 e. The van der Waals surface area contributed by atoms with Gasteiger partial charge >= 0.3 is 0 Å². The standard InChI is InChI=1S/C13H32O5Si2/c1-10-14-13(3,15-11-2)16-12(17-19(4,5)6)18-20(7,8)9/h12H,10-11H2,1-9H3. The Morgan fingerprint density at radius 3 is 1.40 bits per heavy atom. The second-order valence-electron chi connectivity index (χ2n) is 6.60. The highest BCUT2D eigenvalue weighted by Gasteiger charge is 2.36. The molecule has 0 aromatic carbocycles. The highest BCUT2D eigenvalue weighted by atomic mass is 28.4. The summed E-state index contributed by atoms with van der Waals surface area (Å²) in [7, 11) is -3.61. The number of ether oxygens (including phenoxy) is 3. The first-order chi connectivity index (χ1) is 8.91. The summed E-state index contributed by atoms with van der Waals surface area (Å²) in [5.74, 6) is -1.15. The third-order valence-electron chi connectivity index (χ3n) is 2.02. The van der Waals surface area contributed by atoms with Gasteiger partial charge in [-0.3, -0.25) is 4.74 Å². The van der Waals surface area contributed by atoms with Crippen molar-refractivity contribution in [1.82, 2.24) is 0 Å². The van der Waals surface area contributed by atoms with Crippen molar-refractivity contribution in [2.75, 3.05) is 13.2 Å². The quantitative estimate of drug-likeness (QED) is 0.452. The van der Waals surface area contributed by atoms with Gasteiger partial charge in [-0.15, -0.1) is 0 Å². The summed E-state index contributed by atoms with van der Waals surface area (Å²) in [5, 5.41) is 0. The maximum Gasteiger partial charge on any atom is 0.283 e. The van der Waals surface area contributed by atoms with Gasteiger partial charge in [-0.1, -0.05) is 0 Å². The van der Waals surface area contributed by atoms with Crippen molar-refractivity contribution in [2.24, 2.45) is 0 Å². The van der Waals surface area contributed by atoms with Gasteiger partial charge in [0.15, 0.2) is 16.6 Å². The zero-order chi connectivity index (χ0) is 16.0. The molecule has 0 N–H and O–H groups in total. The van der Waals surface area contributed by atoms with Gasteiger partial charge in [0.05, 0.1) is 0 Å². The van der Waals surface area contributed by atoms with Crippen LogP contribution in [-0.2, 0) is 23.1 Å². The Labute approximate surface area is 126 Å². The van der Waals surface area contributed by atoms with E-state index in [0.717, 1.165) is 0 Å². The Kier molecular flexibility index (Phi) is 8.12. The Morgan fingerprint density at radius 2 is 1.15 bits per heavy atom. The molecule has 0 bridgehead atoms. The molecule has 0 fully saturated rings. The van der Waals surface area contributed by atoms with Crippen LogP contribution >= 0.6 is 0 Å². The molecule has 0 rings (SSSR count). The van der Waals surface area contributed by atoms with E-state index in [-0.39, 0.29) is 0 Å². The Bertz CT molecular complexity index is 251. The lowest BCUT2D eigenvalue weighted by Gasteiger charge is -2.37. The molecule has 0 aliphatic heterocycles. The topological polar surface area (TPSA) is 46.2 Å². The third kappa shape index (κ3) is 10.0. The van der Waals surface area contributed by atoms with Gasteiger partial charge in [-0.2, -0.15) is 0 Å². The average Bonchev–Trinajstić information content (AvgIpc) is 2.11. The van der Waals surface area contributed by atoms with Crippen molar-refractivity contribution in [3.05, 3.63) is 0 Å². The van der Waals surface area contributed by atoms with Crippen LogP contribution < -0.4 is 0 Å². The first-order valence-electron chi connectivity index (χ1n) is 7.22. The second kappa shape index (κ2) is 8.02. The van der Waals surface area contributed by atoms with Crippen LogP contribution in [0.15, 0.2) is 0 Å². The molecule has 0 aliphatic rings. The molecule has 7 heteroatoms. The molecular weight excluding hydrogens is 292 g/mol. The van der Waals surface area contributed by atoms with E-state index in [2.05, 4.69) is 39.3 Å². The summed E-state index contributed by atoms with van der Waals surface area (Å²) >= 11 is 0. The fraction of sp³-hybridized carbons (Fsp3) is 1.00. The maximum atomic E-state index is 5.97. The van der Waals surface area contributed by atoms with Gasteiger partial charge in [-0.05, 0) is 53.1 Å². The van der Waals surface area contributed by atoms with Gasteiger partial charge in [0.2, 0.25) is 0 Å². The first kappa shape index (κ1) is 20.2. The van der Waals surface area contributed by atoms with E-state index < -0.39 is 29.1 Å². The monoisotopic (exact) mass is 324 g/mol. The molecule has 0 saturated carbocycles. The van der Waals surface area contributed by atoms with Crippen molar-refractivity contribution in [1.29, 1.82) is 0 Å². The van der Waals surface area contributed by atoms with Crippen molar-refractivity contribution in [2.45, 2.75) is 72.5 Å². The van der Waals surface area contributed by atoms with E-state index in [1.54, 1.807) is 6.92 Å². The van der Waals surface area contributed by atoms with E-state index in [0.29, 0.717) is 13.2 Å². The summed E-state index contributed by atoms with van der Waals surface area (Å²) in [6, 6.07) is 0. The summed E-state index contributed by atoms with van der Waals surface area (Å²) in [6.07, 6.45) is 0. The highest BCUT2D eigenvalue weighted by Crippen LogP contribution is 2.23. The van der Waals surface area contributed by atoms with Crippen LogP contribution in [0, 0.1) is 0 Å². The lowest BCUT2D eigenvalue weighted by atomic mass is 10.6. The molecule has 0 aliphatic carbocycles. The maximum absolute atomic E-state index is 5.97. The zero-order valence-corrected chi connectivity index (χ0v) is 16.5. The summed E-state index contributed by atoms with van der Waals surface area (Å²) in [4.78, 5) is 0. The number of hydrogen-bond acceptors (Lipinski definition) is 5. The van der Waals surface area contributed by atoms with Crippen molar-refractivity contribution >= 4 is 16.6 Å². The van der Waals surface area contributed by atoms with Crippen LogP contribution in [0.2, 0.25) is 39.3 Å². The van der Waals surface area contributed by atoms with Gasteiger partial charge in [-0.25, -0.2) is 0 Å². The van der Waals surface area contributed by atoms with Crippen molar-refractivity contribution < 1.29 is 23.1 Å². The van der Waals surface area contributed by atoms with Crippen molar-refractivity contribution in [3.8, 4) is 0 Å². The minimum atomic E-state index is -1.80. The molecular formula is C13H32O5Si2. The summed E-state index contributed by atoms with van der Waals surface area (Å²) in [6.45, 7) is 18.3. The summed E-state index contributed by atoms with van der Waals surface area (Å²) in [5.41, 5.74) is 0. The van der Waals surface area contributed by atoms with Gasteiger partial charge in [0, 0.05) is 20.1 Å². The molecule has 0 aromatic heterocycles. The molecule has 20 heavy (non-hydrogen) atoms.